The standard InChI is InChI=1S/C8H17NO/c1-6(10)5-9-7-4-8(7,2)3/h6-7,9-10H,4-5H2,1-3H3/t6-,7?/m0/s1. The van der Waals surface area contributed by atoms with Crippen LogP contribution in [-0.4, -0.2) is 23.8 Å². The van der Waals surface area contributed by atoms with Crippen LogP contribution in [0.25, 0.3) is 0 Å². The first kappa shape index (κ1) is 8.02. The Morgan fingerprint density at radius 3 is 2.50 bits per heavy atom. The van der Waals surface area contributed by atoms with Gasteiger partial charge in [-0.05, 0) is 18.8 Å². The molecule has 0 aromatic carbocycles. The van der Waals surface area contributed by atoms with Crippen molar-refractivity contribution in [3.05, 3.63) is 0 Å². The number of aliphatic hydroxyl groups is 1. The van der Waals surface area contributed by atoms with E-state index in [1.165, 1.54) is 6.42 Å². The zero-order chi connectivity index (χ0) is 7.78. The lowest BCUT2D eigenvalue weighted by atomic mass is 10.2. The third-order valence-electron chi connectivity index (χ3n) is 2.17. The Bertz CT molecular complexity index is 120. The Kier molecular flexibility index (Phi) is 2.02. The van der Waals surface area contributed by atoms with Gasteiger partial charge in [0.1, 0.15) is 0 Å². The lowest BCUT2D eigenvalue weighted by Gasteiger charge is -2.07. The van der Waals surface area contributed by atoms with Gasteiger partial charge in [-0.3, -0.25) is 0 Å². The lowest BCUT2D eigenvalue weighted by molar-refractivity contribution is 0.189. The Labute approximate surface area is 62.6 Å². The van der Waals surface area contributed by atoms with Gasteiger partial charge in [0.25, 0.3) is 0 Å². The summed E-state index contributed by atoms with van der Waals surface area (Å²) in [6, 6.07) is 0.641. The van der Waals surface area contributed by atoms with E-state index in [9.17, 15) is 0 Å². The van der Waals surface area contributed by atoms with Gasteiger partial charge in [-0.25, -0.2) is 0 Å². The van der Waals surface area contributed by atoms with Crippen molar-refractivity contribution in [2.75, 3.05) is 6.54 Å². The SMILES string of the molecule is C[C@H](O)CNC1CC1(C)C. The first-order valence-electron chi connectivity index (χ1n) is 3.94. The average molecular weight is 143 g/mol. The number of aliphatic hydroxyl groups excluding tert-OH is 1. The van der Waals surface area contributed by atoms with E-state index in [2.05, 4.69) is 19.2 Å². The molecule has 2 nitrogen and oxygen atoms in total. The summed E-state index contributed by atoms with van der Waals surface area (Å²) in [5, 5.41) is 12.2. The quantitative estimate of drug-likeness (QED) is 0.611. The fourth-order valence-electron chi connectivity index (χ4n) is 1.13. The number of rotatable bonds is 3. The molecule has 1 aliphatic carbocycles. The highest BCUT2D eigenvalue weighted by molar-refractivity contribution is 5.01. The lowest BCUT2D eigenvalue weighted by Crippen LogP contribution is -2.28. The smallest absolute Gasteiger partial charge is 0.0636 e. The molecule has 0 bridgehead atoms. The second kappa shape index (κ2) is 2.51. The molecule has 1 unspecified atom stereocenters. The molecule has 0 amide bonds. The second-order valence-corrected chi connectivity index (χ2v) is 4.00. The molecule has 0 saturated heterocycles. The normalized spacial score (nSPS) is 31.8. The number of nitrogens with one attached hydrogen (secondary N) is 1. The summed E-state index contributed by atoms with van der Waals surface area (Å²) in [5.74, 6) is 0. The fourth-order valence-corrected chi connectivity index (χ4v) is 1.13. The molecule has 0 aliphatic heterocycles. The van der Waals surface area contributed by atoms with Crippen molar-refractivity contribution < 1.29 is 5.11 Å². The molecule has 0 spiro atoms. The van der Waals surface area contributed by atoms with Crippen molar-refractivity contribution in [1.82, 2.24) is 5.32 Å². The minimum atomic E-state index is -0.212. The Hall–Kier alpha value is -0.0800. The maximum Gasteiger partial charge on any atom is 0.0636 e. The van der Waals surface area contributed by atoms with Gasteiger partial charge < -0.3 is 10.4 Å². The van der Waals surface area contributed by atoms with Crippen molar-refractivity contribution in [2.45, 2.75) is 39.3 Å². The van der Waals surface area contributed by atoms with Crippen LogP contribution in [0.1, 0.15) is 27.2 Å². The molecule has 2 N–H and O–H groups in total. The molecule has 10 heavy (non-hydrogen) atoms. The first-order chi connectivity index (χ1) is 4.52. The van der Waals surface area contributed by atoms with Crippen molar-refractivity contribution >= 4 is 0 Å². The fraction of sp³-hybridized carbons (Fsp3) is 1.00. The van der Waals surface area contributed by atoms with Crippen LogP contribution in [-0.2, 0) is 0 Å². The molecule has 0 aromatic rings. The zero-order valence-electron chi connectivity index (χ0n) is 7.02. The average Bonchev–Trinajstić information content (AvgIpc) is 2.35. The number of hydrogen-bond acceptors (Lipinski definition) is 2. The number of hydrogen-bond donors (Lipinski definition) is 2. The van der Waals surface area contributed by atoms with Crippen molar-refractivity contribution in [3.63, 3.8) is 0 Å². The predicted octanol–water partition coefficient (Wildman–Crippen LogP) is 0.755. The highest BCUT2D eigenvalue weighted by Crippen LogP contribution is 2.44. The maximum atomic E-state index is 8.94. The molecule has 2 atom stereocenters. The van der Waals surface area contributed by atoms with Crippen molar-refractivity contribution in [3.8, 4) is 0 Å². The molecule has 0 radical (unpaired) electrons. The summed E-state index contributed by atoms with van der Waals surface area (Å²) < 4.78 is 0. The third-order valence-corrected chi connectivity index (χ3v) is 2.17. The van der Waals surface area contributed by atoms with Crippen LogP contribution >= 0.6 is 0 Å². The van der Waals surface area contributed by atoms with Gasteiger partial charge in [-0.1, -0.05) is 13.8 Å². The Balaban J connectivity index is 2.07. The van der Waals surface area contributed by atoms with Crippen molar-refractivity contribution in [2.24, 2.45) is 5.41 Å². The van der Waals surface area contributed by atoms with Crippen LogP contribution in [0.2, 0.25) is 0 Å². The molecule has 60 valence electrons. The van der Waals surface area contributed by atoms with E-state index in [0.717, 1.165) is 6.54 Å². The Morgan fingerprint density at radius 1 is 1.70 bits per heavy atom. The minimum absolute atomic E-state index is 0.212. The molecule has 1 saturated carbocycles. The van der Waals surface area contributed by atoms with E-state index < -0.39 is 0 Å². The summed E-state index contributed by atoms with van der Waals surface area (Å²) in [7, 11) is 0. The topological polar surface area (TPSA) is 32.3 Å². The molecule has 0 heterocycles. The van der Waals surface area contributed by atoms with Gasteiger partial charge in [-0.15, -0.1) is 0 Å². The van der Waals surface area contributed by atoms with E-state index in [4.69, 9.17) is 5.11 Å². The predicted molar refractivity (Wildman–Crippen MR) is 41.9 cm³/mol. The van der Waals surface area contributed by atoms with Crippen LogP contribution in [0.5, 0.6) is 0 Å². The molecule has 1 rings (SSSR count). The van der Waals surface area contributed by atoms with Gasteiger partial charge in [-0.2, -0.15) is 0 Å². The van der Waals surface area contributed by atoms with Crippen LogP contribution in [0.15, 0.2) is 0 Å². The minimum Gasteiger partial charge on any atom is -0.392 e. The van der Waals surface area contributed by atoms with E-state index in [1.807, 2.05) is 6.92 Å². The molecule has 1 fully saturated rings. The summed E-state index contributed by atoms with van der Waals surface area (Å²) in [6.45, 7) is 7.02. The van der Waals surface area contributed by atoms with E-state index in [0.29, 0.717) is 11.5 Å². The van der Waals surface area contributed by atoms with Gasteiger partial charge >= 0.3 is 0 Å². The zero-order valence-corrected chi connectivity index (χ0v) is 7.02. The largest absolute Gasteiger partial charge is 0.392 e. The summed E-state index contributed by atoms with van der Waals surface area (Å²) in [4.78, 5) is 0. The van der Waals surface area contributed by atoms with Crippen LogP contribution in [0.3, 0.4) is 0 Å². The highest BCUT2D eigenvalue weighted by atomic mass is 16.3. The van der Waals surface area contributed by atoms with Gasteiger partial charge in [0.05, 0.1) is 6.10 Å². The molecule has 2 heteroatoms. The molecular formula is C8H17NO. The summed E-state index contributed by atoms with van der Waals surface area (Å²) in [5.41, 5.74) is 0.481. The highest BCUT2D eigenvalue weighted by Gasteiger charge is 2.44. The first-order valence-corrected chi connectivity index (χ1v) is 3.94. The van der Waals surface area contributed by atoms with Gasteiger partial charge in [0, 0.05) is 12.6 Å². The van der Waals surface area contributed by atoms with Crippen LogP contribution in [0, 0.1) is 5.41 Å². The molecular weight excluding hydrogens is 126 g/mol. The van der Waals surface area contributed by atoms with Crippen LogP contribution < -0.4 is 5.32 Å². The van der Waals surface area contributed by atoms with Gasteiger partial charge in [0.2, 0.25) is 0 Å². The second-order valence-electron chi connectivity index (χ2n) is 4.00. The van der Waals surface area contributed by atoms with E-state index >= 15 is 0 Å². The van der Waals surface area contributed by atoms with Crippen LogP contribution in [0.4, 0.5) is 0 Å². The van der Waals surface area contributed by atoms with Gasteiger partial charge in [0.15, 0.2) is 0 Å². The molecule has 1 aliphatic rings. The summed E-state index contributed by atoms with van der Waals surface area (Å²) in [6.07, 6.45) is 1.04. The maximum absolute atomic E-state index is 8.94. The van der Waals surface area contributed by atoms with E-state index in [-0.39, 0.29) is 6.10 Å². The monoisotopic (exact) mass is 143 g/mol. The van der Waals surface area contributed by atoms with Crippen molar-refractivity contribution in [1.29, 1.82) is 0 Å². The molecule has 0 aromatic heterocycles. The summed E-state index contributed by atoms with van der Waals surface area (Å²) >= 11 is 0. The third kappa shape index (κ3) is 1.96. The Morgan fingerprint density at radius 2 is 2.20 bits per heavy atom. The van der Waals surface area contributed by atoms with E-state index in [1.54, 1.807) is 0 Å².